The molecule has 0 aliphatic carbocycles. The van der Waals surface area contributed by atoms with Crippen molar-refractivity contribution >= 4 is 17.6 Å². The number of nitrogens with one attached hydrogen (secondary N) is 3. The number of rotatable bonds is 3. The minimum Gasteiger partial charge on any atom is -0.327 e. The maximum atomic E-state index is 13.4. The molecule has 26 heavy (non-hydrogen) atoms. The number of anilines is 1. The second-order valence-corrected chi connectivity index (χ2v) is 6.06. The topological polar surface area (TPSA) is 70.2 Å². The zero-order valence-electron chi connectivity index (χ0n) is 14.2. The highest BCUT2D eigenvalue weighted by Crippen LogP contribution is 2.28. The van der Waals surface area contributed by atoms with Crippen LogP contribution in [0.4, 0.5) is 19.3 Å². The molecule has 3 amide bonds. The Morgan fingerprint density at radius 3 is 2.38 bits per heavy atom. The summed E-state index contributed by atoms with van der Waals surface area (Å²) in [6.07, 6.45) is 0. The first-order valence-electron chi connectivity index (χ1n) is 7.96. The Hall–Kier alpha value is -3.22. The Morgan fingerprint density at radius 1 is 1.04 bits per heavy atom. The summed E-state index contributed by atoms with van der Waals surface area (Å²) in [5.41, 5.74) is 2.58. The summed E-state index contributed by atoms with van der Waals surface area (Å²) < 4.78 is 26.4. The average Bonchev–Trinajstić information content (AvgIpc) is 2.58. The number of urea groups is 1. The largest absolute Gasteiger partial charge is 0.327 e. The van der Waals surface area contributed by atoms with E-state index in [0.717, 1.165) is 23.3 Å². The molecule has 0 aromatic heterocycles. The highest BCUT2D eigenvalue weighted by Gasteiger charge is 2.31. The molecular weight excluding hydrogens is 340 g/mol. The number of hydrogen-bond donors (Lipinski definition) is 3. The van der Waals surface area contributed by atoms with E-state index in [1.807, 2.05) is 31.2 Å². The fraction of sp³-hybridized carbons (Fsp3) is 0.158. The fourth-order valence-corrected chi connectivity index (χ4v) is 2.78. The first kappa shape index (κ1) is 17.6. The van der Waals surface area contributed by atoms with Gasteiger partial charge >= 0.3 is 6.03 Å². The quantitative estimate of drug-likeness (QED) is 0.786. The monoisotopic (exact) mass is 357 g/mol. The summed E-state index contributed by atoms with van der Waals surface area (Å²) >= 11 is 0. The molecule has 0 saturated carbocycles. The van der Waals surface area contributed by atoms with E-state index in [1.165, 1.54) is 6.07 Å². The smallest absolute Gasteiger partial charge is 0.319 e. The number of allylic oxidation sites excluding steroid dienone is 1. The molecule has 0 bridgehead atoms. The van der Waals surface area contributed by atoms with Gasteiger partial charge in [-0.15, -0.1) is 0 Å². The molecule has 1 heterocycles. The highest BCUT2D eigenvalue weighted by atomic mass is 19.2. The standard InChI is InChI=1S/C19H17F2N3O2/c1-10-3-5-12(6-4-10)17-16(11(2)22-19(26)24-17)18(25)23-13-7-8-14(20)15(21)9-13/h3-9,17H,1-2H3,(H,23,25)(H2,22,24,26). The summed E-state index contributed by atoms with van der Waals surface area (Å²) in [7, 11) is 0. The molecule has 3 N–H and O–H groups in total. The number of halogens is 2. The first-order valence-corrected chi connectivity index (χ1v) is 7.96. The number of benzene rings is 2. The van der Waals surface area contributed by atoms with Gasteiger partial charge in [0.2, 0.25) is 0 Å². The third kappa shape index (κ3) is 3.56. The van der Waals surface area contributed by atoms with Crippen LogP contribution in [-0.4, -0.2) is 11.9 Å². The summed E-state index contributed by atoms with van der Waals surface area (Å²) in [6, 6.07) is 9.43. The summed E-state index contributed by atoms with van der Waals surface area (Å²) in [6.45, 7) is 3.54. The second-order valence-electron chi connectivity index (χ2n) is 6.06. The van der Waals surface area contributed by atoms with E-state index < -0.39 is 29.6 Å². The van der Waals surface area contributed by atoms with Crippen molar-refractivity contribution in [2.45, 2.75) is 19.9 Å². The molecule has 1 atom stereocenters. The van der Waals surface area contributed by atoms with Gasteiger partial charge in [0.1, 0.15) is 0 Å². The summed E-state index contributed by atoms with van der Waals surface area (Å²) in [4.78, 5) is 24.6. The van der Waals surface area contributed by atoms with Crippen molar-refractivity contribution in [3.63, 3.8) is 0 Å². The Kier molecular flexibility index (Phi) is 4.71. The van der Waals surface area contributed by atoms with E-state index in [0.29, 0.717) is 5.70 Å². The van der Waals surface area contributed by atoms with E-state index in [1.54, 1.807) is 6.92 Å². The number of aryl methyl sites for hydroxylation is 1. The number of hydrogen-bond acceptors (Lipinski definition) is 2. The molecule has 1 aliphatic heterocycles. The molecule has 2 aromatic rings. The van der Waals surface area contributed by atoms with Crippen LogP contribution < -0.4 is 16.0 Å². The zero-order chi connectivity index (χ0) is 18.8. The fourth-order valence-electron chi connectivity index (χ4n) is 2.78. The van der Waals surface area contributed by atoms with Gasteiger partial charge in [0.25, 0.3) is 5.91 Å². The molecule has 1 unspecified atom stereocenters. The van der Waals surface area contributed by atoms with Crippen molar-refractivity contribution in [3.8, 4) is 0 Å². The molecule has 1 aliphatic rings. The van der Waals surface area contributed by atoms with Crippen LogP contribution in [0.25, 0.3) is 0 Å². The van der Waals surface area contributed by atoms with Crippen LogP contribution in [0.15, 0.2) is 53.7 Å². The molecule has 3 rings (SSSR count). The lowest BCUT2D eigenvalue weighted by molar-refractivity contribution is -0.113. The molecule has 0 saturated heterocycles. The van der Waals surface area contributed by atoms with Crippen LogP contribution in [0.2, 0.25) is 0 Å². The normalized spacial score (nSPS) is 16.8. The molecule has 134 valence electrons. The van der Waals surface area contributed by atoms with Crippen LogP contribution in [0.1, 0.15) is 24.1 Å². The van der Waals surface area contributed by atoms with Crippen LogP contribution >= 0.6 is 0 Å². The van der Waals surface area contributed by atoms with Crippen molar-refractivity contribution in [3.05, 3.63) is 76.5 Å². The van der Waals surface area contributed by atoms with Crippen molar-refractivity contribution < 1.29 is 18.4 Å². The molecule has 0 radical (unpaired) electrons. The Labute approximate surface area is 149 Å². The van der Waals surface area contributed by atoms with Crippen molar-refractivity contribution in [2.75, 3.05) is 5.32 Å². The van der Waals surface area contributed by atoms with Gasteiger partial charge in [-0.25, -0.2) is 13.6 Å². The van der Waals surface area contributed by atoms with E-state index in [4.69, 9.17) is 0 Å². The maximum Gasteiger partial charge on any atom is 0.319 e. The van der Waals surface area contributed by atoms with E-state index >= 15 is 0 Å². The van der Waals surface area contributed by atoms with Gasteiger partial charge < -0.3 is 16.0 Å². The first-order chi connectivity index (χ1) is 12.3. The minimum atomic E-state index is -1.06. The third-order valence-electron chi connectivity index (χ3n) is 4.10. The van der Waals surface area contributed by atoms with Gasteiger partial charge in [0, 0.05) is 17.5 Å². The molecule has 0 fully saturated rings. The predicted octanol–water partition coefficient (Wildman–Crippen LogP) is 3.54. The number of amides is 3. The van der Waals surface area contributed by atoms with E-state index in [2.05, 4.69) is 16.0 Å². The van der Waals surface area contributed by atoms with E-state index in [-0.39, 0.29) is 11.3 Å². The molecule has 5 nitrogen and oxygen atoms in total. The highest BCUT2D eigenvalue weighted by molar-refractivity contribution is 6.06. The van der Waals surface area contributed by atoms with Crippen LogP contribution in [-0.2, 0) is 4.79 Å². The third-order valence-corrected chi connectivity index (χ3v) is 4.10. The van der Waals surface area contributed by atoms with E-state index in [9.17, 15) is 18.4 Å². The molecule has 2 aromatic carbocycles. The number of carbonyl (C=O) groups excluding carboxylic acids is 2. The van der Waals surface area contributed by atoms with Crippen molar-refractivity contribution in [1.29, 1.82) is 0 Å². The molecular formula is C19H17F2N3O2. The van der Waals surface area contributed by atoms with Gasteiger partial charge in [0.05, 0.1) is 11.6 Å². The predicted molar refractivity (Wildman–Crippen MR) is 93.3 cm³/mol. The average molecular weight is 357 g/mol. The van der Waals surface area contributed by atoms with Gasteiger partial charge in [0.15, 0.2) is 11.6 Å². The van der Waals surface area contributed by atoms with Crippen molar-refractivity contribution in [1.82, 2.24) is 10.6 Å². The lowest BCUT2D eigenvalue weighted by Gasteiger charge is -2.28. The Morgan fingerprint density at radius 2 is 1.73 bits per heavy atom. The van der Waals surface area contributed by atoms with Gasteiger partial charge in [-0.3, -0.25) is 4.79 Å². The van der Waals surface area contributed by atoms with Crippen molar-refractivity contribution in [2.24, 2.45) is 0 Å². The summed E-state index contributed by atoms with van der Waals surface area (Å²) in [5.74, 6) is -2.58. The minimum absolute atomic E-state index is 0.119. The lowest BCUT2D eigenvalue weighted by Crippen LogP contribution is -2.45. The number of carbonyl (C=O) groups is 2. The summed E-state index contributed by atoms with van der Waals surface area (Å²) in [5, 5.41) is 7.82. The van der Waals surface area contributed by atoms with Crippen LogP contribution in [0, 0.1) is 18.6 Å². The molecule has 0 spiro atoms. The second kappa shape index (κ2) is 6.95. The van der Waals surface area contributed by atoms with Crippen LogP contribution in [0.3, 0.4) is 0 Å². The van der Waals surface area contributed by atoms with Crippen LogP contribution in [0.5, 0.6) is 0 Å². The van der Waals surface area contributed by atoms with Gasteiger partial charge in [-0.1, -0.05) is 29.8 Å². The Balaban J connectivity index is 1.93. The lowest BCUT2D eigenvalue weighted by atomic mass is 9.94. The Bertz CT molecular complexity index is 908. The zero-order valence-corrected chi connectivity index (χ0v) is 14.2. The van der Waals surface area contributed by atoms with Gasteiger partial charge in [-0.05, 0) is 31.5 Å². The molecule has 7 heteroatoms. The SMILES string of the molecule is CC1=C(C(=O)Nc2ccc(F)c(F)c2)C(c2ccc(C)cc2)NC(=O)N1. The maximum absolute atomic E-state index is 13.4. The van der Waals surface area contributed by atoms with Gasteiger partial charge in [-0.2, -0.15) is 0 Å².